The Balaban J connectivity index is 1.87. The monoisotopic (exact) mass is 468 g/mol. The largest absolute Gasteiger partial charge is 0.497 e. The predicted octanol–water partition coefficient (Wildman–Crippen LogP) is 3.52. The average Bonchev–Trinajstić information content (AvgIpc) is 2.83. The standard InChI is InChI=1S/C25H28N2O5S/c1-19-9-11-20(12-10-19)16-26-25(28)18-27(17-21-7-5-4-6-8-21)33(29,30)24-15-22(31-2)13-14-23(24)32-3/h4-15H,16-18H2,1-3H3,(H,26,28). The zero-order chi connectivity index (χ0) is 23.8. The van der Waals surface area contributed by atoms with Gasteiger partial charge in [-0.15, -0.1) is 0 Å². The number of methoxy groups -OCH3 is 2. The van der Waals surface area contributed by atoms with Crippen molar-refractivity contribution in [2.45, 2.75) is 24.9 Å². The van der Waals surface area contributed by atoms with Crippen molar-refractivity contribution in [1.82, 2.24) is 9.62 Å². The SMILES string of the molecule is COc1ccc(OC)c(S(=O)(=O)N(CC(=O)NCc2ccc(C)cc2)Cc2ccccc2)c1. The number of ether oxygens (including phenoxy) is 2. The number of hydrogen-bond donors (Lipinski definition) is 1. The molecule has 3 aromatic rings. The fourth-order valence-electron chi connectivity index (χ4n) is 3.26. The van der Waals surface area contributed by atoms with E-state index in [-0.39, 0.29) is 23.7 Å². The second-order valence-corrected chi connectivity index (χ2v) is 9.44. The molecular weight excluding hydrogens is 440 g/mol. The van der Waals surface area contributed by atoms with Gasteiger partial charge in [0.1, 0.15) is 16.4 Å². The third-order valence-corrected chi connectivity index (χ3v) is 6.93. The Morgan fingerprint density at radius 3 is 2.24 bits per heavy atom. The maximum absolute atomic E-state index is 13.6. The van der Waals surface area contributed by atoms with Crippen LogP contribution in [0.25, 0.3) is 0 Å². The van der Waals surface area contributed by atoms with E-state index in [1.165, 1.54) is 26.4 Å². The first-order valence-corrected chi connectivity index (χ1v) is 11.9. The minimum Gasteiger partial charge on any atom is -0.497 e. The first-order chi connectivity index (χ1) is 15.8. The van der Waals surface area contributed by atoms with Crippen LogP contribution in [-0.2, 0) is 27.9 Å². The van der Waals surface area contributed by atoms with E-state index in [1.807, 2.05) is 61.5 Å². The first-order valence-electron chi connectivity index (χ1n) is 10.4. The molecule has 0 fully saturated rings. The van der Waals surface area contributed by atoms with Crippen LogP contribution in [-0.4, -0.2) is 39.4 Å². The van der Waals surface area contributed by atoms with Crippen molar-refractivity contribution in [3.63, 3.8) is 0 Å². The zero-order valence-electron chi connectivity index (χ0n) is 18.9. The van der Waals surface area contributed by atoms with Crippen LogP contribution >= 0.6 is 0 Å². The summed E-state index contributed by atoms with van der Waals surface area (Å²) < 4.78 is 38.9. The molecule has 0 bridgehead atoms. The number of sulfonamides is 1. The van der Waals surface area contributed by atoms with E-state index in [0.29, 0.717) is 12.3 Å². The fraction of sp³-hybridized carbons (Fsp3) is 0.240. The zero-order valence-corrected chi connectivity index (χ0v) is 19.8. The van der Waals surface area contributed by atoms with E-state index in [4.69, 9.17) is 9.47 Å². The molecule has 0 saturated heterocycles. The third-order valence-electron chi connectivity index (χ3n) is 5.12. The van der Waals surface area contributed by atoms with Crippen LogP contribution < -0.4 is 14.8 Å². The average molecular weight is 469 g/mol. The quantitative estimate of drug-likeness (QED) is 0.492. The summed E-state index contributed by atoms with van der Waals surface area (Å²) in [6.07, 6.45) is 0. The van der Waals surface area contributed by atoms with Crippen molar-refractivity contribution < 1.29 is 22.7 Å². The highest BCUT2D eigenvalue weighted by molar-refractivity contribution is 7.89. The van der Waals surface area contributed by atoms with E-state index in [9.17, 15) is 13.2 Å². The molecular formula is C25H28N2O5S. The van der Waals surface area contributed by atoms with Gasteiger partial charge in [-0.25, -0.2) is 8.42 Å². The number of benzene rings is 3. The highest BCUT2D eigenvalue weighted by Gasteiger charge is 2.30. The highest BCUT2D eigenvalue weighted by Crippen LogP contribution is 2.31. The van der Waals surface area contributed by atoms with Crippen molar-refractivity contribution in [3.05, 3.63) is 89.5 Å². The summed E-state index contributed by atoms with van der Waals surface area (Å²) in [5.74, 6) is 0.142. The second kappa shape index (κ2) is 11.0. The Kier molecular flexibility index (Phi) is 8.08. The summed E-state index contributed by atoms with van der Waals surface area (Å²) >= 11 is 0. The lowest BCUT2D eigenvalue weighted by molar-refractivity contribution is -0.121. The van der Waals surface area contributed by atoms with Gasteiger partial charge in [0.2, 0.25) is 15.9 Å². The van der Waals surface area contributed by atoms with Crippen molar-refractivity contribution in [2.75, 3.05) is 20.8 Å². The van der Waals surface area contributed by atoms with E-state index >= 15 is 0 Å². The summed E-state index contributed by atoms with van der Waals surface area (Å²) in [7, 11) is -1.23. The number of hydrogen-bond acceptors (Lipinski definition) is 5. The van der Waals surface area contributed by atoms with Gasteiger partial charge in [-0.2, -0.15) is 4.31 Å². The van der Waals surface area contributed by atoms with E-state index < -0.39 is 15.9 Å². The molecule has 0 aliphatic heterocycles. The van der Waals surface area contributed by atoms with Gasteiger partial charge in [0.05, 0.1) is 20.8 Å². The van der Waals surface area contributed by atoms with Crippen LogP contribution in [0.3, 0.4) is 0 Å². The van der Waals surface area contributed by atoms with Crippen molar-refractivity contribution in [2.24, 2.45) is 0 Å². The summed E-state index contributed by atoms with van der Waals surface area (Å²) in [5, 5.41) is 2.81. The fourth-order valence-corrected chi connectivity index (χ4v) is 4.82. The Morgan fingerprint density at radius 2 is 1.61 bits per heavy atom. The van der Waals surface area contributed by atoms with Crippen molar-refractivity contribution in [1.29, 1.82) is 0 Å². The normalized spacial score (nSPS) is 11.3. The Bertz CT molecular complexity index is 1180. The van der Waals surface area contributed by atoms with Gasteiger partial charge in [-0.3, -0.25) is 4.79 Å². The van der Waals surface area contributed by atoms with Gasteiger partial charge in [-0.05, 0) is 30.2 Å². The molecule has 174 valence electrons. The molecule has 0 unspecified atom stereocenters. The molecule has 1 N–H and O–H groups in total. The highest BCUT2D eigenvalue weighted by atomic mass is 32.2. The van der Waals surface area contributed by atoms with Crippen LogP contribution in [0.5, 0.6) is 11.5 Å². The lowest BCUT2D eigenvalue weighted by Gasteiger charge is -2.23. The molecule has 3 aromatic carbocycles. The molecule has 0 aliphatic carbocycles. The summed E-state index contributed by atoms with van der Waals surface area (Å²) in [6.45, 7) is 1.98. The summed E-state index contributed by atoms with van der Waals surface area (Å²) in [5.41, 5.74) is 2.81. The van der Waals surface area contributed by atoms with Gasteiger partial charge in [0.25, 0.3) is 0 Å². The van der Waals surface area contributed by atoms with Gasteiger partial charge in [0, 0.05) is 19.2 Å². The molecule has 3 rings (SSSR count). The molecule has 0 aliphatic rings. The van der Waals surface area contributed by atoms with E-state index in [2.05, 4.69) is 5.32 Å². The molecule has 0 atom stereocenters. The van der Waals surface area contributed by atoms with Crippen LogP contribution in [0.15, 0.2) is 77.7 Å². The van der Waals surface area contributed by atoms with Crippen LogP contribution in [0.2, 0.25) is 0 Å². The maximum atomic E-state index is 13.6. The van der Waals surface area contributed by atoms with Crippen LogP contribution in [0.1, 0.15) is 16.7 Å². The van der Waals surface area contributed by atoms with Gasteiger partial charge in [0.15, 0.2) is 0 Å². The van der Waals surface area contributed by atoms with Crippen LogP contribution in [0, 0.1) is 6.92 Å². The summed E-state index contributed by atoms with van der Waals surface area (Å²) in [4.78, 5) is 12.7. The van der Waals surface area contributed by atoms with E-state index in [1.54, 1.807) is 6.07 Å². The number of rotatable bonds is 10. The molecule has 33 heavy (non-hydrogen) atoms. The first kappa shape index (κ1) is 24.3. The molecule has 8 heteroatoms. The molecule has 0 saturated carbocycles. The van der Waals surface area contributed by atoms with Crippen molar-refractivity contribution >= 4 is 15.9 Å². The van der Waals surface area contributed by atoms with E-state index in [0.717, 1.165) is 21.0 Å². The molecule has 0 heterocycles. The summed E-state index contributed by atoms with van der Waals surface area (Å²) in [6, 6.07) is 21.4. The lowest BCUT2D eigenvalue weighted by atomic mass is 10.1. The van der Waals surface area contributed by atoms with Crippen molar-refractivity contribution in [3.8, 4) is 11.5 Å². The Labute approximate surface area is 195 Å². The maximum Gasteiger partial charge on any atom is 0.247 e. The number of carbonyl (C=O) groups excluding carboxylic acids is 1. The van der Waals surface area contributed by atoms with Gasteiger partial charge >= 0.3 is 0 Å². The number of amides is 1. The van der Waals surface area contributed by atoms with Gasteiger partial charge < -0.3 is 14.8 Å². The molecule has 7 nitrogen and oxygen atoms in total. The molecule has 1 amide bonds. The van der Waals surface area contributed by atoms with Gasteiger partial charge in [-0.1, -0.05) is 60.2 Å². The van der Waals surface area contributed by atoms with Crippen LogP contribution in [0.4, 0.5) is 0 Å². The molecule has 0 radical (unpaired) electrons. The molecule has 0 aromatic heterocycles. The minimum atomic E-state index is -4.09. The topological polar surface area (TPSA) is 84.9 Å². The number of carbonyl (C=O) groups is 1. The minimum absolute atomic E-state index is 0.0293. The number of nitrogens with one attached hydrogen (secondary N) is 1. The second-order valence-electron chi connectivity index (χ2n) is 7.54. The Morgan fingerprint density at radius 1 is 0.909 bits per heavy atom. The number of aryl methyl sites for hydroxylation is 1. The molecule has 0 spiro atoms. The predicted molar refractivity (Wildman–Crippen MR) is 127 cm³/mol. The third kappa shape index (κ3) is 6.34. The smallest absolute Gasteiger partial charge is 0.247 e. The number of nitrogens with zero attached hydrogens (tertiary/aromatic N) is 1. The lowest BCUT2D eigenvalue weighted by Crippen LogP contribution is -2.40. The Hall–Kier alpha value is -3.36.